The standard InChI is InChI=1S/C16H18F2N2S/c1-11-5-2-3-8-20(11)9-15-19-14(10-21-15)16-12(17)6-4-7-13(16)18/h4,6-7,10-11H,2-3,5,8-9H2,1H3/t11-/m1/s1. The van der Waals surface area contributed by atoms with Gasteiger partial charge in [-0.05, 0) is 38.4 Å². The monoisotopic (exact) mass is 308 g/mol. The normalized spacial score (nSPS) is 19.9. The van der Waals surface area contributed by atoms with E-state index in [2.05, 4.69) is 16.8 Å². The lowest BCUT2D eigenvalue weighted by atomic mass is 10.0. The maximum atomic E-state index is 13.8. The molecular formula is C16H18F2N2S. The number of nitrogens with zero attached hydrogens (tertiary/aromatic N) is 2. The quantitative estimate of drug-likeness (QED) is 0.832. The van der Waals surface area contributed by atoms with Gasteiger partial charge in [-0.25, -0.2) is 13.8 Å². The summed E-state index contributed by atoms with van der Waals surface area (Å²) in [6, 6.07) is 4.46. The van der Waals surface area contributed by atoms with Crippen LogP contribution in [0.3, 0.4) is 0 Å². The van der Waals surface area contributed by atoms with Gasteiger partial charge in [-0.1, -0.05) is 12.5 Å². The van der Waals surface area contributed by atoms with Crippen LogP contribution < -0.4 is 0 Å². The van der Waals surface area contributed by atoms with Crippen molar-refractivity contribution >= 4 is 11.3 Å². The third-order valence-corrected chi connectivity index (χ3v) is 4.88. The van der Waals surface area contributed by atoms with Crippen LogP contribution in [0.4, 0.5) is 8.78 Å². The summed E-state index contributed by atoms with van der Waals surface area (Å²) in [6.07, 6.45) is 3.70. The Morgan fingerprint density at radius 3 is 2.76 bits per heavy atom. The van der Waals surface area contributed by atoms with Crippen LogP contribution in [0, 0.1) is 11.6 Å². The zero-order valence-corrected chi connectivity index (χ0v) is 12.8. The summed E-state index contributed by atoms with van der Waals surface area (Å²) < 4.78 is 27.6. The predicted octanol–water partition coefficient (Wildman–Crippen LogP) is 4.46. The Kier molecular flexibility index (Phi) is 4.31. The second-order valence-electron chi connectivity index (χ2n) is 5.54. The van der Waals surface area contributed by atoms with Crippen molar-refractivity contribution in [1.82, 2.24) is 9.88 Å². The number of rotatable bonds is 3. The summed E-state index contributed by atoms with van der Waals surface area (Å²) in [7, 11) is 0. The lowest BCUT2D eigenvalue weighted by Crippen LogP contribution is -2.36. The van der Waals surface area contributed by atoms with Gasteiger partial charge in [-0.2, -0.15) is 0 Å². The largest absolute Gasteiger partial charge is 0.294 e. The molecule has 1 aromatic heterocycles. The number of benzene rings is 1. The van der Waals surface area contributed by atoms with Gasteiger partial charge in [-0.15, -0.1) is 11.3 Å². The topological polar surface area (TPSA) is 16.1 Å². The number of thiazole rings is 1. The van der Waals surface area contributed by atoms with Crippen molar-refractivity contribution in [1.29, 1.82) is 0 Å². The fourth-order valence-electron chi connectivity index (χ4n) is 2.81. The van der Waals surface area contributed by atoms with Gasteiger partial charge >= 0.3 is 0 Å². The average molecular weight is 308 g/mol. The van der Waals surface area contributed by atoms with E-state index in [0.29, 0.717) is 11.7 Å². The summed E-state index contributed by atoms with van der Waals surface area (Å²) in [4.78, 5) is 6.82. The first-order valence-electron chi connectivity index (χ1n) is 7.28. The molecule has 2 heterocycles. The molecule has 0 radical (unpaired) electrons. The summed E-state index contributed by atoms with van der Waals surface area (Å²) in [6.45, 7) is 4.07. The number of aromatic nitrogens is 1. The Morgan fingerprint density at radius 2 is 2.05 bits per heavy atom. The van der Waals surface area contributed by atoms with Crippen molar-refractivity contribution in [3.05, 3.63) is 40.2 Å². The highest BCUT2D eigenvalue weighted by Gasteiger charge is 2.20. The molecule has 0 aliphatic carbocycles. The minimum absolute atomic E-state index is 0.0216. The lowest BCUT2D eigenvalue weighted by molar-refractivity contribution is 0.152. The number of piperidine rings is 1. The maximum absolute atomic E-state index is 13.8. The van der Waals surface area contributed by atoms with Gasteiger partial charge < -0.3 is 0 Å². The van der Waals surface area contributed by atoms with Crippen molar-refractivity contribution in [3.8, 4) is 11.3 Å². The van der Waals surface area contributed by atoms with Crippen molar-refractivity contribution in [3.63, 3.8) is 0 Å². The van der Waals surface area contributed by atoms with E-state index < -0.39 is 11.6 Å². The smallest absolute Gasteiger partial charge is 0.135 e. The van der Waals surface area contributed by atoms with Crippen LogP contribution in [0.15, 0.2) is 23.6 Å². The van der Waals surface area contributed by atoms with E-state index in [0.717, 1.165) is 18.1 Å². The Labute approximate surface area is 127 Å². The van der Waals surface area contributed by atoms with Crippen LogP contribution in [0.1, 0.15) is 31.2 Å². The SMILES string of the molecule is C[C@@H]1CCCCN1Cc1nc(-c2c(F)cccc2F)cs1. The Hall–Kier alpha value is -1.33. The number of likely N-dealkylation sites (tertiary alicyclic amines) is 1. The zero-order valence-electron chi connectivity index (χ0n) is 12.0. The van der Waals surface area contributed by atoms with E-state index in [1.807, 2.05) is 0 Å². The van der Waals surface area contributed by atoms with E-state index in [1.54, 1.807) is 5.38 Å². The second-order valence-corrected chi connectivity index (χ2v) is 6.48. The molecule has 2 aromatic rings. The van der Waals surface area contributed by atoms with Gasteiger partial charge in [0.05, 0.1) is 17.8 Å². The summed E-state index contributed by atoms with van der Waals surface area (Å²) >= 11 is 1.47. The molecule has 21 heavy (non-hydrogen) atoms. The Balaban J connectivity index is 1.80. The molecule has 0 saturated carbocycles. The van der Waals surface area contributed by atoms with Gasteiger partial charge in [0.1, 0.15) is 16.6 Å². The van der Waals surface area contributed by atoms with E-state index >= 15 is 0 Å². The van der Waals surface area contributed by atoms with Gasteiger partial charge in [0, 0.05) is 11.4 Å². The molecule has 1 aliphatic rings. The van der Waals surface area contributed by atoms with E-state index in [-0.39, 0.29) is 5.56 Å². The van der Waals surface area contributed by atoms with E-state index in [4.69, 9.17) is 0 Å². The average Bonchev–Trinajstić information content (AvgIpc) is 2.89. The third-order valence-electron chi connectivity index (χ3n) is 4.05. The number of hydrogen-bond donors (Lipinski definition) is 0. The maximum Gasteiger partial charge on any atom is 0.135 e. The lowest BCUT2D eigenvalue weighted by Gasteiger charge is -2.32. The van der Waals surface area contributed by atoms with Crippen LogP contribution in [-0.2, 0) is 6.54 Å². The van der Waals surface area contributed by atoms with Gasteiger partial charge in [0.2, 0.25) is 0 Å². The highest BCUT2D eigenvalue weighted by molar-refractivity contribution is 7.09. The molecular weight excluding hydrogens is 290 g/mol. The molecule has 1 aromatic carbocycles. The van der Waals surface area contributed by atoms with Gasteiger partial charge in [0.25, 0.3) is 0 Å². The molecule has 0 spiro atoms. The highest BCUT2D eigenvalue weighted by Crippen LogP contribution is 2.28. The number of halogens is 2. The predicted molar refractivity (Wildman–Crippen MR) is 81.2 cm³/mol. The van der Waals surface area contributed by atoms with Crippen LogP contribution in [0.2, 0.25) is 0 Å². The van der Waals surface area contributed by atoms with Crippen LogP contribution in [0.5, 0.6) is 0 Å². The molecule has 5 heteroatoms. The molecule has 1 aliphatic heterocycles. The van der Waals surface area contributed by atoms with E-state index in [1.165, 1.54) is 48.8 Å². The van der Waals surface area contributed by atoms with Crippen LogP contribution in [0.25, 0.3) is 11.3 Å². The molecule has 0 N–H and O–H groups in total. The van der Waals surface area contributed by atoms with E-state index in [9.17, 15) is 8.78 Å². The highest BCUT2D eigenvalue weighted by atomic mass is 32.1. The Bertz CT molecular complexity index is 606. The molecule has 2 nitrogen and oxygen atoms in total. The van der Waals surface area contributed by atoms with Crippen LogP contribution in [-0.4, -0.2) is 22.5 Å². The van der Waals surface area contributed by atoms with Crippen molar-refractivity contribution in [2.24, 2.45) is 0 Å². The molecule has 0 unspecified atom stereocenters. The molecule has 1 fully saturated rings. The number of hydrogen-bond acceptors (Lipinski definition) is 3. The first-order chi connectivity index (χ1) is 10.1. The third kappa shape index (κ3) is 3.14. The molecule has 3 rings (SSSR count). The van der Waals surface area contributed by atoms with Crippen LogP contribution >= 0.6 is 11.3 Å². The van der Waals surface area contributed by atoms with Crippen molar-refractivity contribution in [2.75, 3.05) is 6.54 Å². The van der Waals surface area contributed by atoms with Gasteiger partial charge in [0.15, 0.2) is 0 Å². The molecule has 0 bridgehead atoms. The second kappa shape index (κ2) is 6.20. The summed E-state index contributed by atoms with van der Waals surface area (Å²) in [5.41, 5.74) is 0.377. The molecule has 112 valence electrons. The fraction of sp³-hybridized carbons (Fsp3) is 0.438. The summed E-state index contributed by atoms with van der Waals surface area (Å²) in [5.74, 6) is -1.11. The first kappa shape index (κ1) is 14.6. The minimum Gasteiger partial charge on any atom is -0.294 e. The van der Waals surface area contributed by atoms with Crippen molar-refractivity contribution < 1.29 is 8.78 Å². The summed E-state index contributed by atoms with van der Waals surface area (Å²) in [5, 5.41) is 2.66. The molecule has 1 atom stereocenters. The van der Waals surface area contributed by atoms with Crippen molar-refractivity contribution in [2.45, 2.75) is 38.8 Å². The first-order valence-corrected chi connectivity index (χ1v) is 8.16. The molecule has 1 saturated heterocycles. The zero-order chi connectivity index (χ0) is 14.8. The fourth-order valence-corrected chi connectivity index (χ4v) is 3.62. The minimum atomic E-state index is -0.557. The van der Waals surface area contributed by atoms with Gasteiger partial charge in [-0.3, -0.25) is 4.90 Å². The Morgan fingerprint density at radius 1 is 1.29 bits per heavy atom. The molecule has 0 amide bonds.